The molecule has 0 saturated carbocycles. The maximum atomic E-state index is 6.27. The van der Waals surface area contributed by atoms with Crippen LogP contribution in [0.1, 0.15) is 0 Å². The second kappa shape index (κ2) is 5.64. The van der Waals surface area contributed by atoms with Gasteiger partial charge in [0.2, 0.25) is 0 Å². The van der Waals surface area contributed by atoms with Gasteiger partial charge < -0.3 is 4.42 Å². The zero-order valence-corrected chi connectivity index (χ0v) is 14.4. The minimum atomic E-state index is 0. The Morgan fingerprint density at radius 2 is 1.08 bits per heavy atom. The average molecular weight is 324 g/mol. The van der Waals surface area contributed by atoms with Crippen molar-refractivity contribution < 1.29 is 23.3 Å². The molecule has 1 aromatic heterocycles. The first-order valence-corrected chi connectivity index (χ1v) is 8.47. The minimum Gasteiger partial charge on any atom is -0.483 e. The predicted molar refractivity (Wildman–Crippen MR) is 105 cm³/mol. The first kappa shape index (κ1) is 15.5. The minimum absolute atomic E-state index is 0. The van der Waals surface area contributed by atoms with E-state index in [1.165, 1.54) is 32.3 Å². The Labute approximate surface area is 162 Å². The Morgan fingerprint density at radius 3 is 1.81 bits per heavy atom. The molecule has 0 saturated heterocycles. The van der Waals surface area contributed by atoms with Crippen molar-refractivity contribution in [1.29, 1.82) is 0 Å². The van der Waals surface area contributed by atoms with Crippen molar-refractivity contribution in [1.82, 2.24) is 0 Å². The van der Waals surface area contributed by atoms with Crippen molar-refractivity contribution >= 4 is 54.3 Å². The smallest absolute Gasteiger partial charge is 0.483 e. The van der Waals surface area contributed by atoms with Gasteiger partial charge in [0.15, 0.2) is 0 Å². The molecule has 116 valence electrons. The van der Waals surface area contributed by atoms with Crippen molar-refractivity contribution in [3.8, 4) is 0 Å². The summed E-state index contributed by atoms with van der Waals surface area (Å²) >= 11 is 0. The third-order valence-corrected chi connectivity index (χ3v) is 5.17. The molecule has 1 heterocycles. The van der Waals surface area contributed by atoms with E-state index in [2.05, 4.69) is 72.8 Å². The van der Waals surface area contributed by atoms with Crippen LogP contribution in [0.25, 0.3) is 54.3 Å². The predicted octanol–water partition coefficient (Wildman–Crippen LogP) is 3.85. The zero-order chi connectivity index (χ0) is 16.4. The normalized spacial score (nSPS) is 11.5. The van der Waals surface area contributed by atoms with Gasteiger partial charge in [-0.1, -0.05) is 66.0 Å². The second-order valence-electron chi connectivity index (χ2n) is 6.47. The standard InChI is InChI=1S/C24H13O.Li/c1-2-9-17-15(7-1)16-8-3-4-11-19(16)23-20(17)13-14-21-18-10-5-6-12-22(18)25-24(21)23;/h1-11,13-14H;/q-1;+1. The fourth-order valence-electron chi connectivity index (χ4n) is 4.10. The topological polar surface area (TPSA) is 13.1 Å². The summed E-state index contributed by atoms with van der Waals surface area (Å²) in [5, 5.41) is 9.76. The Bertz CT molecular complexity index is 1410. The van der Waals surface area contributed by atoms with Crippen LogP contribution in [-0.4, -0.2) is 0 Å². The van der Waals surface area contributed by atoms with Gasteiger partial charge in [0.25, 0.3) is 0 Å². The summed E-state index contributed by atoms with van der Waals surface area (Å²) in [7, 11) is 0. The summed E-state index contributed by atoms with van der Waals surface area (Å²) in [5.41, 5.74) is 1.78. The quantitative estimate of drug-likeness (QED) is 0.235. The number of hydrogen-bond acceptors (Lipinski definition) is 1. The number of furan rings is 1. The molecule has 0 unspecified atom stereocenters. The molecule has 0 radical (unpaired) electrons. The molecule has 0 bridgehead atoms. The Hall–Kier alpha value is -2.72. The maximum absolute atomic E-state index is 6.27. The molecular weight excluding hydrogens is 311 g/mol. The van der Waals surface area contributed by atoms with E-state index in [-0.39, 0.29) is 18.9 Å². The largest absolute Gasteiger partial charge is 1.00 e. The summed E-state index contributed by atoms with van der Waals surface area (Å²) in [6.07, 6.45) is 0. The van der Waals surface area contributed by atoms with Gasteiger partial charge in [0.05, 0.1) is 0 Å². The third kappa shape index (κ3) is 1.93. The van der Waals surface area contributed by atoms with Crippen LogP contribution < -0.4 is 18.9 Å². The number of rotatable bonds is 0. The van der Waals surface area contributed by atoms with Crippen molar-refractivity contribution in [3.05, 3.63) is 84.9 Å². The van der Waals surface area contributed by atoms with Gasteiger partial charge in [-0.05, 0) is 32.3 Å². The van der Waals surface area contributed by atoms with Gasteiger partial charge >= 0.3 is 18.9 Å². The Balaban J connectivity index is 0.00000150. The van der Waals surface area contributed by atoms with Gasteiger partial charge in [0, 0.05) is 11.0 Å². The number of benzene rings is 5. The molecule has 0 atom stereocenters. The Kier molecular flexibility index (Phi) is 3.37. The van der Waals surface area contributed by atoms with Crippen molar-refractivity contribution in [3.63, 3.8) is 0 Å². The van der Waals surface area contributed by atoms with Crippen LogP contribution in [0.4, 0.5) is 0 Å². The van der Waals surface area contributed by atoms with Crippen LogP contribution in [0.2, 0.25) is 0 Å². The number of fused-ring (bicyclic) bond motifs is 10. The van der Waals surface area contributed by atoms with Gasteiger partial charge in [-0.2, -0.15) is 18.2 Å². The molecular formula is C24H13LiO. The molecule has 6 rings (SSSR count). The monoisotopic (exact) mass is 324 g/mol. The summed E-state index contributed by atoms with van der Waals surface area (Å²) in [5.74, 6) is 0. The van der Waals surface area contributed by atoms with E-state index in [1.54, 1.807) is 0 Å². The zero-order valence-electron chi connectivity index (χ0n) is 14.4. The first-order chi connectivity index (χ1) is 12.4. The van der Waals surface area contributed by atoms with E-state index in [9.17, 15) is 0 Å². The maximum Gasteiger partial charge on any atom is 1.00 e. The van der Waals surface area contributed by atoms with Crippen LogP contribution in [0.3, 0.4) is 0 Å². The summed E-state index contributed by atoms with van der Waals surface area (Å²) < 4.78 is 6.27. The van der Waals surface area contributed by atoms with Crippen LogP contribution in [0.15, 0.2) is 83.3 Å². The van der Waals surface area contributed by atoms with Crippen LogP contribution in [0.5, 0.6) is 0 Å². The van der Waals surface area contributed by atoms with Gasteiger partial charge in [0.1, 0.15) is 5.58 Å². The van der Waals surface area contributed by atoms with Crippen molar-refractivity contribution in [2.75, 3.05) is 0 Å². The van der Waals surface area contributed by atoms with Gasteiger partial charge in [-0.3, -0.25) is 0 Å². The van der Waals surface area contributed by atoms with E-state index < -0.39 is 0 Å². The molecule has 5 aromatic carbocycles. The fourth-order valence-corrected chi connectivity index (χ4v) is 4.10. The summed E-state index contributed by atoms with van der Waals surface area (Å²) in [6, 6.07) is 30.9. The van der Waals surface area contributed by atoms with Gasteiger partial charge in [-0.15, -0.1) is 6.07 Å². The van der Waals surface area contributed by atoms with E-state index in [0.29, 0.717) is 0 Å². The average Bonchev–Trinajstić information content (AvgIpc) is 3.06. The SMILES string of the molecule is [Li+].[c-]1cccc2c1oc1c2ccc2c3ccccc3c3ccccc3c21. The van der Waals surface area contributed by atoms with Crippen molar-refractivity contribution in [2.45, 2.75) is 0 Å². The molecule has 0 aliphatic carbocycles. The van der Waals surface area contributed by atoms with E-state index in [0.717, 1.165) is 21.9 Å². The van der Waals surface area contributed by atoms with Gasteiger partial charge in [-0.25, -0.2) is 0 Å². The molecule has 2 heteroatoms. The summed E-state index contributed by atoms with van der Waals surface area (Å²) in [6.45, 7) is 0. The first-order valence-electron chi connectivity index (χ1n) is 8.47. The van der Waals surface area contributed by atoms with Crippen molar-refractivity contribution in [2.24, 2.45) is 0 Å². The van der Waals surface area contributed by atoms with E-state index in [4.69, 9.17) is 4.42 Å². The molecule has 0 aliphatic rings. The summed E-state index contributed by atoms with van der Waals surface area (Å²) in [4.78, 5) is 0. The van der Waals surface area contributed by atoms with E-state index >= 15 is 0 Å². The third-order valence-electron chi connectivity index (χ3n) is 5.17. The number of para-hydroxylation sites is 1. The molecule has 0 aliphatic heterocycles. The molecule has 6 aromatic rings. The second-order valence-corrected chi connectivity index (χ2v) is 6.47. The number of hydrogen-bond donors (Lipinski definition) is 0. The molecule has 0 fully saturated rings. The Morgan fingerprint density at radius 1 is 0.538 bits per heavy atom. The van der Waals surface area contributed by atoms with Crippen LogP contribution in [-0.2, 0) is 0 Å². The fraction of sp³-hybridized carbons (Fsp3) is 0. The molecule has 0 amide bonds. The molecule has 0 N–H and O–H groups in total. The van der Waals surface area contributed by atoms with E-state index in [1.807, 2.05) is 12.1 Å². The molecule has 0 spiro atoms. The molecule has 26 heavy (non-hydrogen) atoms. The van der Waals surface area contributed by atoms with Crippen LogP contribution in [0, 0.1) is 6.07 Å². The molecule has 1 nitrogen and oxygen atoms in total. The van der Waals surface area contributed by atoms with Crippen LogP contribution >= 0.6 is 0 Å².